The lowest BCUT2D eigenvalue weighted by Crippen LogP contribution is -2.52. The van der Waals surface area contributed by atoms with Crippen LogP contribution in [0, 0.1) is 10.8 Å². The van der Waals surface area contributed by atoms with Gasteiger partial charge in [-0.2, -0.15) is 0 Å². The molecule has 0 aliphatic carbocycles. The van der Waals surface area contributed by atoms with E-state index in [0.29, 0.717) is 15.6 Å². The predicted molar refractivity (Wildman–Crippen MR) is 77.9 cm³/mol. The van der Waals surface area contributed by atoms with Gasteiger partial charge in [-0.3, -0.25) is 9.59 Å². The molecule has 0 spiro atoms. The molecule has 1 aliphatic rings. The van der Waals surface area contributed by atoms with Crippen LogP contribution in [-0.2, 0) is 14.3 Å². The molecule has 0 radical (unpaired) electrons. The van der Waals surface area contributed by atoms with E-state index in [4.69, 9.17) is 27.9 Å². The number of ketones is 1. The third-order valence-corrected chi connectivity index (χ3v) is 4.35. The normalized spacial score (nSPS) is 24.4. The Morgan fingerprint density at radius 3 is 2.25 bits per heavy atom. The summed E-state index contributed by atoms with van der Waals surface area (Å²) in [5.41, 5.74) is -1.40. The molecular formula is C15H16Cl2O3. The second-order valence-corrected chi connectivity index (χ2v) is 6.97. The van der Waals surface area contributed by atoms with Gasteiger partial charge in [-0.1, -0.05) is 29.3 Å². The van der Waals surface area contributed by atoms with E-state index in [1.807, 2.05) is 0 Å². The topological polar surface area (TPSA) is 43.4 Å². The average Bonchev–Trinajstić information content (AvgIpc) is 2.33. The van der Waals surface area contributed by atoms with Crippen molar-refractivity contribution >= 4 is 35.0 Å². The first kappa shape index (κ1) is 15.3. The first-order valence-electron chi connectivity index (χ1n) is 6.29. The number of hydrogen-bond acceptors (Lipinski definition) is 3. The molecule has 1 atom stereocenters. The molecule has 1 aromatic rings. The van der Waals surface area contributed by atoms with Crippen LogP contribution in [0.15, 0.2) is 18.2 Å². The van der Waals surface area contributed by atoms with Crippen LogP contribution in [0.1, 0.15) is 39.4 Å². The SMILES string of the molecule is CC1(C)C(=O)O[C@@H](c2ccc(Cl)cc2Cl)C(C)(C)C1=O. The minimum atomic E-state index is -1.14. The van der Waals surface area contributed by atoms with Crippen molar-refractivity contribution in [2.75, 3.05) is 0 Å². The number of ether oxygens (including phenoxy) is 1. The largest absolute Gasteiger partial charge is 0.456 e. The molecule has 0 bridgehead atoms. The van der Waals surface area contributed by atoms with Crippen LogP contribution < -0.4 is 0 Å². The Labute approximate surface area is 128 Å². The van der Waals surface area contributed by atoms with Crippen LogP contribution in [0.25, 0.3) is 0 Å². The number of cyclic esters (lactones) is 1. The van der Waals surface area contributed by atoms with Gasteiger partial charge in [0.05, 0.1) is 5.41 Å². The number of esters is 1. The van der Waals surface area contributed by atoms with E-state index in [2.05, 4.69) is 0 Å². The van der Waals surface area contributed by atoms with Crippen molar-refractivity contribution in [3.05, 3.63) is 33.8 Å². The number of halogens is 2. The third-order valence-electron chi connectivity index (χ3n) is 3.79. The summed E-state index contributed by atoms with van der Waals surface area (Å²) < 4.78 is 5.51. The number of benzene rings is 1. The molecule has 3 nitrogen and oxygen atoms in total. The number of carbonyl (C=O) groups excluding carboxylic acids is 2. The molecule has 108 valence electrons. The summed E-state index contributed by atoms with van der Waals surface area (Å²) in [6, 6.07) is 4.93. The molecule has 20 heavy (non-hydrogen) atoms. The van der Waals surface area contributed by atoms with Crippen LogP contribution in [-0.4, -0.2) is 11.8 Å². The van der Waals surface area contributed by atoms with Crippen molar-refractivity contribution in [2.45, 2.75) is 33.8 Å². The Bertz CT molecular complexity index is 591. The molecule has 0 aromatic heterocycles. The number of hydrogen-bond donors (Lipinski definition) is 0. The lowest BCUT2D eigenvalue weighted by molar-refractivity contribution is -0.186. The Morgan fingerprint density at radius 1 is 1.10 bits per heavy atom. The molecule has 0 unspecified atom stereocenters. The van der Waals surface area contributed by atoms with E-state index in [0.717, 1.165) is 0 Å². The zero-order valence-electron chi connectivity index (χ0n) is 11.8. The van der Waals surface area contributed by atoms with Crippen LogP contribution >= 0.6 is 23.2 Å². The van der Waals surface area contributed by atoms with Gasteiger partial charge in [-0.15, -0.1) is 0 Å². The Hall–Kier alpha value is -1.06. The minimum Gasteiger partial charge on any atom is -0.456 e. The molecule has 1 fully saturated rings. The summed E-state index contributed by atoms with van der Waals surface area (Å²) in [4.78, 5) is 24.6. The quantitative estimate of drug-likeness (QED) is 0.576. The van der Waals surface area contributed by atoms with Crippen molar-refractivity contribution < 1.29 is 14.3 Å². The zero-order chi connectivity index (χ0) is 15.3. The Kier molecular flexibility index (Phi) is 3.64. The van der Waals surface area contributed by atoms with Gasteiger partial charge in [0.15, 0.2) is 5.78 Å². The summed E-state index contributed by atoms with van der Waals surface area (Å²) in [6.45, 7) is 6.69. The smallest absolute Gasteiger partial charge is 0.319 e. The number of Topliss-reactive ketones (excluding diaryl/α,β-unsaturated/α-hetero) is 1. The third kappa shape index (κ3) is 2.23. The van der Waals surface area contributed by atoms with Gasteiger partial charge in [0.25, 0.3) is 0 Å². The van der Waals surface area contributed by atoms with E-state index in [-0.39, 0.29) is 5.78 Å². The molecule has 5 heteroatoms. The summed E-state index contributed by atoms with van der Waals surface area (Å²) in [5, 5.41) is 0.876. The minimum absolute atomic E-state index is 0.155. The fourth-order valence-electron chi connectivity index (χ4n) is 2.59. The van der Waals surface area contributed by atoms with Crippen molar-refractivity contribution in [1.82, 2.24) is 0 Å². The van der Waals surface area contributed by atoms with E-state index >= 15 is 0 Å². The standard InChI is InChI=1S/C15H16Cl2O3/c1-14(2)11(9-6-5-8(16)7-10(9)17)20-13(19)15(3,4)12(14)18/h5-7,11H,1-4H3/t11-/m0/s1. The Morgan fingerprint density at radius 2 is 1.70 bits per heavy atom. The van der Waals surface area contributed by atoms with Crippen LogP contribution in [0.2, 0.25) is 10.0 Å². The van der Waals surface area contributed by atoms with Crippen molar-refractivity contribution in [2.24, 2.45) is 10.8 Å². The second kappa shape index (κ2) is 4.74. The average molecular weight is 315 g/mol. The lowest BCUT2D eigenvalue weighted by atomic mass is 9.67. The van der Waals surface area contributed by atoms with Crippen molar-refractivity contribution in [3.8, 4) is 0 Å². The zero-order valence-corrected chi connectivity index (χ0v) is 13.3. The fraction of sp³-hybridized carbons (Fsp3) is 0.467. The first-order chi connectivity index (χ1) is 9.08. The van der Waals surface area contributed by atoms with E-state index < -0.39 is 22.9 Å². The summed E-state index contributed by atoms with van der Waals surface area (Å²) in [5.74, 6) is -0.685. The van der Waals surface area contributed by atoms with Crippen LogP contribution in [0.5, 0.6) is 0 Å². The van der Waals surface area contributed by atoms with E-state index in [1.54, 1.807) is 45.9 Å². The van der Waals surface area contributed by atoms with Gasteiger partial charge < -0.3 is 4.74 Å². The maximum atomic E-state index is 12.6. The van der Waals surface area contributed by atoms with Gasteiger partial charge in [-0.05, 0) is 39.8 Å². The predicted octanol–water partition coefficient (Wildman–Crippen LogP) is 4.21. The fourth-order valence-corrected chi connectivity index (χ4v) is 3.09. The molecule has 1 aliphatic heterocycles. The summed E-state index contributed by atoms with van der Waals surface area (Å²) >= 11 is 12.0. The van der Waals surface area contributed by atoms with E-state index in [1.165, 1.54) is 0 Å². The molecule has 0 amide bonds. The first-order valence-corrected chi connectivity index (χ1v) is 7.05. The van der Waals surface area contributed by atoms with Crippen molar-refractivity contribution in [3.63, 3.8) is 0 Å². The van der Waals surface area contributed by atoms with E-state index in [9.17, 15) is 9.59 Å². The molecule has 1 saturated heterocycles. The van der Waals surface area contributed by atoms with Gasteiger partial charge >= 0.3 is 5.97 Å². The van der Waals surface area contributed by atoms with Crippen LogP contribution in [0.4, 0.5) is 0 Å². The molecular weight excluding hydrogens is 299 g/mol. The molecule has 1 heterocycles. The van der Waals surface area contributed by atoms with Gasteiger partial charge in [0, 0.05) is 15.6 Å². The highest BCUT2D eigenvalue weighted by Crippen LogP contribution is 2.49. The molecule has 1 aromatic carbocycles. The maximum absolute atomic E-state index is 12.6. The molecule has 2 rings (SSSR count). The van der Waals surface area contributed by atoms with Gasteiger partial charge in [0.2, 0.25) is 0 Å². The van der Waals surface area contributed by atoms with Crippen molar-refractivity contribution in [1.29, 1.82) is 0 Å². The second-order valence-electron chi connectivity index (χ2n) is 6.13. The maximum Gasteiger partial charge on any atom is 0.319 e. The van der Waals surface area contributed by atoms with Gasteiger partial charge in [0.1, 0.15) is 11.5 Å². The highest BCUT2D eigenvalue weighted by molar-refractivity contribution is 6.35. The Balaban J connectivity index is 2.52. The summed E-state index contributed by atoms with van der Waals surface area (Å²) in [6.07, 6.45) is -0.708. The lowest BCUT2D eigenvalue weighted by Gasteiger charge is -2.43. The molecule has 0 saturated carbocycles. The highest BCUT2D eigenvalue weighted by atomic mass is 35.5. The van der Waals surface area contributed by atoms with Gasteiger partial charge in [-0.25, -0.2) is 0 Å². The van der Waals surface area contributed by atoms with Crippen LogP contribution in [0.3, 0.4) is 0 Å². The monoisotopic (exact) mass is 314 g/mol. The number of carbonyl (C=O) groups is 2. The molecule has 0 N–H and O–H groups in total. The number of rotatable bonds is 1. The highest BCUT2D eigenvalue weighted by Gasteiger charge is 2.55. The summed E-state index contributed by atoms with van der Waals surface area (Å²) in [7, 11) is 0.